The van der Waals surface area contributed by atoms with Gasteiger partial charge in [0, 0.05) is 12.0 Å². The highest BCUT2D eigenvalue weighted by atomic mass is 16.5. The molecule has 0 aliphatic rings. The molecular formula is C19H20O2. The van der Waals surface area contributed by atoms with E-state index in [1.54, 1.807) is 13.2 Å². The third-order valence-corrected chi connectivity index (χ3v) is 3.76. The minimum atomic E-state index is 0.102. The highest BCUT2D eigenvalue weighted by Gasteiger charge is 2.14. The summed E-state index contributed by atoms with van der Waals surface area (Å²) in [6.45, 7) is 7.86. The van der Waals surface area contributed by atoms with Crippen LogP contribution in [0.25, 0.3) is 6.08 Å². The number of ether oxygens (including phenoxy) is 1. The molecule has 0 amide bonds. The van der Waals surface area contributed by atoms with Gasteiger partial charge >= 0.3 is 0 Å². The van der Waals surface area contributed by atoms with E-state index in [0.29, 0.717) is 12.0 Å². The number of benzene rings is 2. The van der Waals surface area contributed by atoms with Crippen molar-refractivity contribution in [2.24, 2.45) is 0 Å². The smallest absolute Gasteiger partial charge is 0.167 e. The quantitative estimate of drug-likeness (QED) is 0.760. The molecule has 108 valence electrons. The number of methoxy groups -OCH3 is 1. The van der Waals surface area contributed by atoms with E-state index in [2.05, 4.69) is 6.58 Å². The zero-order valence-electron chi connectivity index (χ0n) is 12.8. The molecule has 2 heteroatoms. The van der Waals surface area contributed by atoms with Crippen molar-refractivity contribution >= 4 is 11.9 Å². The van der Waals surface area contributed by atoms with Crippen molar-refractivity contribution in [2.45, 2.75) is 20.3 Å². The van der Waals surface area contributed by atoms with E-state index in [4.69, 9.17) is 4.74 Å². The van der Waals surface area contributed by atoms with Crippen molar-refractivity contribution in [3.8, 4) is 5.75 Å². The summed E-state index contributed by atoms with van der Waals surface area (Å²) in [7, 11) is 1.61. The van der Waals surface area contributed by atoms with Crippen LogP contribution in [-0.2, 0) is 6.42 Å². The zero-order valence-corrected chi connectivity index (χ0v) is 12.8. The summed E-state index contributed by atoms with van der Waals surface area (Å²) in [6, 6.07) is 11.6. The molecule has 0 heterocycles. The van der Waals surface area contributed by atoms with E-state index in [1.807, 2.05) is 50.2 Å². The first-order chi connectivity index (χ1) is 10.1. The van der Waals surface area contributed by atoms with E-state index < -0.39 is 0 Å². The van der Waals surface area contributed by atoms with Gasteiger partial charge < -0.3 is 4.74 Å². The topological polar surface area (TPSA) is 26.3 Å². The van der Waals surface area contributed by atoms with Crippen LogP contribution in [0.5, 0.6) is 5.75 Å². The molecule has 2 aromatic carbocycles. The Morgan fingerprint density at radius 1 is 1.19 bits per heavy atom. The molecule has 0 unspecified atom stereocenters. The largest absolute Gasteiger partial charge is 0.497 e. The van der Waals surface area contributed by atoms with E-state index in [-0.39, 0.29) is 5.78 Å². The number of hydrogen-bond donors (Lipinski definition) is 0. The standard InChI is InChI=1S/C19H20O2/c1-5-15-11-16(21-4)9-10-17(15)19(20)12-18-13(2)7-6-8-14(18)3/h5-11H,1,12H2,2-4H3. The molecule has 2 aromatic rings. The third kappa shape index (κ3) is 3.22. The number of Topliss-reactive ketones (excluding diaryl/α,β-unsaturated/α-hetero) is 1. The van der Waals surface area contributed by atoms with Crippen molar-refractivity contribution in [3.63, 3.8) is 0 Å². The van der Waals surface area contributed by atoms with Crippen LogP contribution in [0.3, 0.4) is 0 Å². The Morgan fingerprint density at radius 3 is 2.43 bits per heavy atom. The molecule has 0 radical (unpaired) electrons. The Morgan fingerprint density at radius 2 is 1.86 bits per heavy atom. The normalized spacial score (nSPS) is 10.2. The fraction of sp³-hybridized carbons (Fsp3) is 0.211. The van der Waals surface area contributed by atoms with Gasteiger partial charge in [-0.05, 0) is 54.3 Å². The van der Waals surface area contributed by atoms with Crippen LogP contribution in [0.4, 0.5) is 0 Å². The molecule has 21 heavy (non-hydrogen) atoms. The van der Waals surface area contributed by atoms with Crippen LogP contribution in [-0.4, -0.2) is 12.9 Å². The monoisotopic (exact) mass is 280 g/mol. The second-order valence-corrected chi connectivity index (χ2v) is 5.13. The van der Waals surface area contributed by atoms with Crippen molar-refractivity contribution in [1.82, 2.24) is 0 Å². The number of carbonyl (C=O) groups is 1. The molecule has 2 rings (SSSR count). The van der Waals surface area contributed by atoms with Gasteiger partial charge in [-0.25, -0.2) is 0 Å². The predicted octanol–water partition coefficient (Wildman–Crippen LogP) is 4.38. The fourth-order valence-corrected chi connectivity index (χ4v) is 2.47. The predicted molar refractivity (Wildman–Crippen MR) is 87.0 cm³/mol. The average molecular weight is 280 g/mol. The molecule has 0 spiro atoms. The number of ketones is 1. The highest BCUT2D eigenvalue weighted by molar-refractivity contribution is 6.01. The molecule has 0 fully saturated rings. The van der Waals surface area contributed by atoms with Crippen LogP contribution in [0, 0.1) is 13.8 Å². The molecule has 0 aliphatic carbocycles. The maximum atomic E-state index is 12.6. The van der Waals surface area contributed by atoms with Crippen LogP contribution >= 0.6 is 0 Å². The van der Waals surface area contributed by atoms with Gasteiger partial charge in [0.25, 0.3) is 0 Å². The minimum Gasteiger partial charge on any atom is -0.497 e. The Labute approximate surface area is 126 Å². The maximum Gasteiger partial charge on any atom is 0.167 e. The van der Waals surface area contributed by atoms with Crippen molar-refractivity contribution in [2.75, 3.05) is 7.11 Å². The average Bonchev–Trinajstić information content (AvgIpc) is 2.50. The summed E-state index contributed by atoms with van der Waals surface area (Å²) < 4.78 is 5.19. The summed E-state index contributed by atoms with van der Waals surface area (Å²) in [5.74, 6) is 0.832. The van der Waals surface area contributed by atoms with E-state index >= 15 is 0 Å². The van der Waals surface area contributed by atoms with Crippen molar-refractivity contribution < 1.29 is 9.53 Å². The van der Waals surface area contributed by atoms with Crippen LogP contribution in [0.15, 0.2) is 43.0 Å². The van der Waals surface area contributed by atoms with Crippen LogP contribution < -0.4 is 4.74 Å². The maximum absolute atomic E-state index is 12.6. The van der Waals surface area contributed by atoms with Gasteiger partial charge in [-0.3, -0.25) is 4.79 Å². The first kappa shape index (κ1) is 15.0. The fourth-order valence-electron chi connectivity index (χ4n) is 2.47. The highest BCUT2D eigenvalue weighted by Crippen LogP contribution is 2.22. The number of rotatable bonds is 5. The first-order valence-electron chi connectivity index (χ1n) is 6.95. The van der Waals surface area contributed by atoms with Crippen LogP contribution in [0.1, 0.15) is 32.6 Å². The molecular weight excluding hydrogens is 260 g/mol. The zero-order chi connectivity index (χ0) is 15.4. The van der Waals surface area contributed by atoms with Gasteiger partial charge in [0.1, 0.15) is 5.75 Å². The molecule has 0 atom stereocenters. The molecule has 0 saturated heterocycles. The SMILES string of the molecule is C=Cc1cc(OC)ccc1C(=O)Cc1c(C)cccc1C. The minimum absolute atomic E-state index is 0.102. The van der Waals surface area contributed by atoms with Gasteiger partial charge in [0.15, 0.2) is 5.78 Å². The van der Waals surface area contributed by atoms with Gasteiger partial charge in [-0.15, -0.1) is 0 Å². The Kier molecular flexibility index (Phi) is 4.59. The second-order valence-electron chi connectivity index (χ2n) is 5.13. The molecule has 0 saturated carbocycles. The summed E-state index contributed by atoms with van der Waals surface area (Å²) in [5.41, 5.74) is 4.90. The van der Waals surface area contributed by atoms with Gasteiger partial charge in [0.2, 0.25) is 0 Å². The molecule has 0 bridgehead atoms. The van der Waals surface area contributed by atoms with E-state index in [9.17, 15) is 4.79 Å². The summed E-state index contributed by atoms with van der Waals surface area (Å²) in [4.78, 5) is 12.6. The summed E-state index contributed by atoms with van der Waals surface area (Å²) in [6.07, 6.45) is 2.10. The van der Waals surface area contributed by atoms with E-state index in [0.717, 1.165) is 28.0 Å². The first-order valence-corrected chi connectivity index (χ1v) is 6.95. The van der Waals surface area contributed by atoms with E-state index in [1.165, 1.54) is 0 Å². The Balaban J connectivity index is 2.35. The van der Waals surface area contributed by atoms with Crippen molar-refractivity contribution in [1.29, 1.82) is 0 Å². The lowest BCUT2D eigenvalue weighted by Crippen LogP contribution is -2.08. The molecule has 0 aliphatic heterocycles. The Hall–Kier alpha value is -2.35. The summed E-state index contributed by atoms with van der Waals surface area (Å²) in [5, 5.41) is 0. The number of hydrogen-bond acceptors (Lipinski definition) is 2. The number of carbonyl (C=O) groups excluding carboxylic acids is 1. The molecule has 2 nitrogen and oxygen atoms in total. The third-order valence-electron chi connectivity index (χ3n) is 3.76. The molecule has 0 N–H and O–H groups in total. The number of aryl methyl sites for hydroxylation is 2. The van der Waals surface area contributed by atoms with Gasteiger partial charge in [-0.2, -0.15) is 0 Å². The van der Waals surface area contributed by atoms with Crippen LogP contribution in [0.2, 0.25) is 0 Å². The lowest BCUT2D eigenvalue weighted by atomic mass is 9.93. The lowest BCUT2D eigenvalue weighted by molar-refractivity contribution is 0.0992. The van der Waals surface area contributed by atoms with Crippen molar-refractivity contribution in [3.05, 3.63) is 70.8 Å². The Bertz CT molecular complexity index is 664. The molecule has 0 aromatic heterocycles. The summed E-state index contributed by atoms with van der Waals surface area (Å²) >= 11 is 0. The lowest BCUT2D eigenvalue weighted by Gasteiger charge is -2.11. The van der Waals surface area contributed by atoms with Gasteiger partial charge in [-0.1, -0.05) is 30.9 Å². The van der Waals surface area contributed by atoms with Gasteiger partial charge in [0.05, 0.1) is 7.11 Å². The second kappa shape index (κ2) is 6.40.